The van der Waals surface area contributed by atoms with Crippen molar-refractivity contribution in [3.8, 4) is 0 Å². The Morgan fingerprint density at radius 1 is 1.58 bits per heavy atom. The highest BCUT2D eigenvalue weighted by Crippen LogP contribution is 2.16. The number of piperidine rings is 1. The molecular formula is C8H17NO2Si. The highest BCUT2D eigenvalue weighted by Gasteiger charge is 2.23. The third-order valence-electron chi connectivity index (χ3n) is 2.34. The van der Waals surface area contributed by atoms with E-state index in [4.69, 9.17) is 4.74 Å². The van der Waals surface area contributed by atoms with E-state index in [0.717, 1.165) is 36.3 Å². The minimum atomic E-state index is 0.00673. The number of rotatable bonds is 2. The van der Waals surface area contributed by atoms with Crippen LogP contribution < -0.4 is 0 Å². The third-order valence-corrected chi connectivity index (χ3v) is 3.23. The zero-order valence-electron chi connectivity index (χ0n) is 7.88. The van der Waals surface area contributed by atoms with Crippen LogP contribution in [0, 0.1) is 5.92 Å². The van der Waals surface area contributed by atoms with E-state index in [1.54, 1.807) is 0 Å². The van der Waals surface area contributed by atoms with Crippen molar-refractivity contribution >= 4 is 16.4 Å². The molecule has 4 heteroatoms. The standard InChI is InChI=1S/C8H17NO2Si/c1-2-11-8(10)7-3-5-9(12)6-4-7/h7H,2-6H2,1,12H3. The molecule has 0 aromatic rings. The Labute approximate surface area is 76.6 Å². The molecule has 1 aliphatic rings. The van der Waals surface area contributed by atoms with Gasteiger partial charge in [0, 0.05) is 0 Å². The number of nitrogens with zero attached hydrogens (tertiary/aromatic N) is 1. The van der Waals surface area contributed by atoms with E-state index in [2.05, 4.69) is 4.57 Å². The van der Waals surface area contributed by atoms with Gasteiger partial charge in [0.1, 0.15) is 0 Å². The topological polar surface area (TPSA) is 29.5 Å². The highest BCUT2D eigenvalue weighted by atomic mass is 28.2. The van der Waals surface area contributed by atoms with E-state index in [1.165, 1.54) is 0 Å². The number of ether oxygens (including phenoxy) is 1. The van der Waals surface area contributed by atoms with Crippen molar-refractivity contribution in [2.45, 2.75) is 19.8 Å². The van der Waals surface area contributed by atoms with Crippen LogP contribution in [0.3, 0.4) is 0 Å². The predicted molar refractivity (Wildman–Crippen MR) is 50.9 cm³/mol. The summed E-state index contributed by atoms with van der Waals surface area (Å²) in [6.07, 6.45) is 1.98. The maximum atomic E-state index is 11.3. The molecule has 0 atom stereocenters. The van der Waals surface area contributed by atoms with E-state index in [0.29, 0.717) is 6.61 Å². The van der Waals surface area contributed by atoms with Crippen molar-refractivity contribution < 1.29 is 9.53 Å². The predicted octanol–water partition coefficient (Wildman–Crippen LogP) is -0.458. The molecule has 70 valence electrons. The van der Waals surface area contributed by atoms with E-state index in [1.807, 2.05) is 6.92 Å². The van der Waals surface area contributed by atoms with Gasteiger partial charge in [-0.15, -0.1) is 0 Å². The second-order valence-corrected chi connectivity index (χ2v) is 4.59. The van der Waals surface area contributed by atoms with Crippen LogP contribution in [0.2, 0.25) is 0 Å². The van der Waals surface area contributed by atoms with Crippen LogP contribution in [0.1, 0.15) is 19.8 Å². The maximum absolute atomic E-state index is 11.3. The molecule has 0 saturated carbocycles. The molecule has 0 radical (unpaired) electrons. The van der Waals surface area contributed by atoms with E-state index in [9.17, 15) is 4.79 Å². The first-order valence-corrected chi connectivity index (χ1v) is 5.48. The lowest BCUT2D eigenvalue weighted by atomic mass is 9.98. The smallest absolute Gasteiger partial charge is 0.309 e. The van der Waals surface area contributed by atoms with Gasteiger partial charge in [-0.3, -0.25) is 4.79 Å². The maximum Gasteiger partial charge on any atom is 0.309 e. The summed E-state index contributed by atoms with van der Waals surface area (Å²) in [6.45, 7) is 4.53. The molecule has 0 N–H and O–H groups in total. The van der Waals surface area contributed by atoms with Gasteiger partial charge < -0.3 is 9.30 Å². The summed E-state index contributed by atoms with van der Waals surface area (Å²) in [4.78, 5) is 11.3. The Kier molecular flexibility index (Phi) is 3.75. The number of esters is 1. The molecule has 0 aliphatic carbocycles. The molecule has 3 nitrogen and oxygen atoms in total. The normalized spacial score (nSPS) is 21.1. The quantitative estimate of drug-likeness (QED) is 0.433. The molecule has 1 fully saturated rings. The average Bonchev–Trinajstić information content (AvgIpc) is 2.06. The second kappa shape index (κ2) is 4.62. The van der Waals surface area contributed by atoms with Gasteiger partial charge in [-0.25, -0.2) is 0 Å². The van der Waals surface area contributed by atoms with Crippen molar-refractivity contribution in [2.75, 3.05) is 19.7 Å². The fraction of sp³-hybridized carbons (Fsp3) is 0.875. The Balaban J connectivity index is 2.29. The van der Waals surface area contributed by atoms with Gasteiger partial charge in [0.2, 0.25) is 0 Å². The summed E-state index contributed by atoms with van der Waals surface area (Å²) in [7, 11) is 1.12. The average molecular weight is 187 g/mol. The van der Waals surface area contributed by atoms with Gasteiger partial charge in [-0.1, -0.05) is 0 Å². The Morgan fingerprint density at radius 3 is 2.67 bits per heavy atom. The third kappa shape index (κ3) is 2.60. The second-order valence-electron chi connectivity index (χ2n) is 3.33. The molecule has 1 saturated heterocycles. The summed E-state index contributed by atoms with van der Waals surface area (Å²) >= 11 is 0. The summed E-state index contributed by atoms with van der Waals surface area (Å²) in [5, 5.41) is 0. The van der Waals surface area contributed by atoms with Crippen molar-refractivity contribution in [1.82, 2.24) is 4.57 Å². The molecule has 1 aliphatic heterocycles. The fourth-order valence-corrected chi connectivity index (χ4v) is 2.02. The molecular weight excluding hydrogens is 170 g/mol. The number of hydrogen-bond acceptors (Lipinski definition) is 3. The molecule has 12 heavy (non-hydrogen) atoms. The van der Waals surface area contributed by atoms with Gasteiger partial charge in [0.05, 0.1) is 22.9 Å². The zero-order valence-corrected chi connectivity index (χ0v) is 9.88. The van der Waals surface area contributed by atoms with Gasteiger partial charge in [0.15, 0.2) is 0 Å². The Hall–Kier alpha value is -0.353. The van der Waals surface area contributed by atoms with E-state index < -0.39 is 0 Å². The molecule has 0 amide bonds. The van der Waals surface area contributed by atoms with Crippen molar-refractivity contribution in [1.29, 1.82) is 0 Å². The summed E-state index contributed by atoms with van der Waals surface area (Å²) in [5.41, 5.74) is 0. The largest absolute Gasteiger partial charge is 0.466 e. The van der Waals surface area contributed by atoms with Crippen LogP contribution in [0.5, 0.6) is 0 Å². The van der Waals surface area contributed by atoms with Crippen molar-refractivity contribution in [2.24, 2.45) is 5.92 Å². The van der Waals surface area contributed by atoms with Crippen LogP contribution in [-0.2, 0) is 9.53 Å². The minimum Gasteiger partial charge on any atom is -0.466 e. The SMILES string of the molecule is CCOC(=O)C1CCN([SiH3])CC1. The van der Waals surface area contributed by atoms with Crippen LogP contribution in [0.15, 0.2) is 0 Å². The monoisotopic (exact) mass is 187 g/mol. The first-order valence-electron chi connectivity index (χ1n) is 4.59. The molecule has 0 aromatic carbocycles. The van der Waals surface area contributed by atoms with Gasteiger partial charge in [-0.2, -0.15) is 0 Å². The number of hydrogen-bond donors (Lipinski definition) is 0. The van der Waals surface area contributed by atoms with Gasteiger partial charge in [-0.05, 0) is 32.9 Å². The number of carbonyl (C=O) groups is 1. The molecule has 0 bridgehead atoms. The van der Waals surface area contributed by atoms with Crippen LogP contribution >= 0.6 is 0 Å². The number of carbonyl (C=O) groups excluding carboxylic acids is 1. The minimum absolute atomic E-state index is 0.00673. The van der Waals surface area contributed by atoms with Gasteiger partial charge >= 0.3 is 5.97 Å². The first-order chi connectivity index (χ1) is 5.74. The Bertz CT molecular complexity index is 155. The lowest BCUT2D eigenvalue weighted by molar-refractivity contribution is -0.149. The van der Waals surface area contributed by atoms with E-state index in [-0.39, 0.29) is 11.9 Å². The first kappa shape index (κ1) is 9.73. The summed E-state index contributed by atoms with van der Waals surface area (Å²) in [5.74, 6) is 0.183. The van der Waals surface area contributed by atoms with Crippen molar-refractivity contribution in [3.05, 3.63) is 0 Å². The molecule has 0 spiro atoms. The van der Waals surface area contributed by atoms with Crippen LogP contribution in [0.25, 0.3) is 0 Å². The Morgan fingerprint density at radius 2 is 2.17 bits per heavy atom. The summed E-state index contributed by atoms with van der Waals surface area (Å²) in [6, 6.07) is 0. The molecule has 1 heterocycles. The zero-order chi connectivity index (χ0) is 8.97. The lowest BCUT2D eigenvalue weighted by Crippen LogP contribution is -2.35. The molecule has 0 unspecified atom stereocenters. The lowest BCUT2D eigenvalue weighted by Gasteiger charge is -2.27. The molecule has 1 rings (SSSR count). The van der Waals surface area contributed by atoms with Crippen LogP contribution in [-0.4, -0.2) is 40.6 Å². The van der Waals surface area contributed by atoms with Gasteiger partial charge in [0.25, 0.3) is 0 Å². The summed E-state index contributed by atoms with van der Waals surface area (Å²) < 4.78 is 7.36. The van der Waals surface area contributed by atoms with E-state index >= 15 is 0 Å². The van der Waals surface area contributed by atoms with Crippen molar-refractivity contribution in [3.63, 3.8) is 0 Å². The van der Waals surface area contributed by atoms with Crippen LogP contribution in [0.4, 0.5) is 0 Å². The highest BCUT2D eigenvalue weighted by molar-refractivity contribution is 6.04. The fourth-order valence-electron chi connectivity index (χ4n) is 1.50. The molecule has 0 aromatic heterocycles.